The van der Waals surface area contributed by atoms with Gasteiger partial charge in [-0.1, -0.05) is 48.5 Å². The van der Waals surface area contributed by atoms with E-state index in [2.05, 4.69) is 41.5 Å². The summed E-state index contributed by atoms with van der Waals surface area (Å²) in [6.45, 7) is 0.592. The van der Waals surface area contributed by atoms with Gasteiger partial charge in [0, 0.05) is 23.0 Å². The summed E-state index contributed by atoms with van der Waals surface area (Å²) < 4.78 is 5.97. The van der Waals surface area contributed by atoms with Crippen LogP contribution in [0, 0.1) is 0 Å². The zero-order chi connectivity index (χ0) is 17.8. The highest BCUT2D eigenvalue weighted by Crippen LogP contribution is 2.29. The van der Waals surface area contributed by atoms with E-state index in [9.17, 15) is 0 Å². The average Bonchev–Trinajstić information content (AvgIpc) is 3.10. The summed E-state index contributed by atoms with van der Waals surface area (Å²) in [7, 11) is 0. The van der Waals surface area contributed by atoms with Crippen molar-refractivity contribution in [1.29, 1.82) is 0 Å². The average molecular weight is 342 g/mol. The summed E-state index contributed by atoms with van der Waals surface area (Å²) in [4.78, 5) is 3.35. The zero-order valence-corrected chi connectivity index (χ0v) is 14.6. The van der Waals surface area contributed by atoms with Crippen molar-refractivity contribution >= 4 is 10.9 Å². The first-order valence-electron chi connectivity index (χ1n) is 8.91. The first kappa shape index (κ1) is 16.4. The Balaban J connectivity index is 1.57. The number of nitrogens with one attached hydrogen (secondary N) is 1. The molecule has 0 saturated heterocycles. The number of nitrogens with two attached hydrogens (primary N) is 1. The first-order valence-corrected chi connectivity index (χ1v) is 8.91. The molecule has 3 heteroatoms. The van der Waals surface area contributed by atoms with Crippen LogP contribution in [0.5, 0.6) is 11.5 Å². The van der Waals surface area contributed by atoms with Crippen LogP contribution in [0.1, 0.15) is 17.0 Å². The second kappa shape index (κ2) is 7.46. The number of fused-ring (bicyclic) bond motifs is 1. The molecule has 0 saturated carbocycles. The number of ether oxygens (including phenoxy) is 1. The Morgan fingerprint density at radius 1 is 0.846 bits per heavy atom. The van der Waals surface area contributed by atoms with E-state index in [1.807, 2.05) is 48.5 Å². The van der Waals surface area contributed by atoms with Gasteiger partial charge in [0.1, 0.15) is 11.5 Å². The van der Waals surface area contributed by atoms with Crippen molar-refractivity contribution in [2.24, 2.45) is 5.73 Å². The van der Waals surface area contributed by atoms with E-state index < -0.39 is 0 Å². The maximum Gasteiger partial charge on any atom is 0.127 e. The minimum absolute atomic E-state index is 0.244. The van der Waals surface area contributed by atoms with Gasteiger partial charge in [0.15, 0.2) is 0 Å². The second-order valence-corrected chi connectivity index (χ2v) is 6.48. The molecular weight excluding hydrogens is 320 g/mol. The zero-order valence-electron chi connectivity index (χ0n) is 14.6. The van der Waals surface area contributed by atoms with Crippen molar-refractivity contribution in [2.75, 3.05) is 6.54 Å². The Hall–Kier alpha value is -3.04. The number of hydrogen-bond acceptors (Lipinski definition) is 2. The molecule has 26 heavy (non-hydrogen) atoms. The van der Waals surface area contributed by atoms with Gasteiger partial charge in [-0.15, -0.1) is 0 Å². The van der Waals surface area contributed by atoms with Crippen LogP contribution < -0.4 is 10.5 Å². The van der Waals surface area contributed by atoms with Gasteiger partial charge in [0.05, 0.1) is 0 Å². The molecule has 0 bridgehead atoms. The maximum absolute atomic E-state index is 6.12. The number of aromatic amines is 1. The fraction of sp³-hybridized carbons (Fsp3) is 0.130. The molecule has 1 unspecified atom stereocenters. The van der Waals surface area contributed by atoms with E-state index in [1.54, 1.807) is 0 Å². The third kappa shape index (κ3) is 3.48. The van der Waals surface area contributed by atoms with Crippen molar-refractivity contribution < 1.29 is 4.74 Å². The predicted molar refractivity (Wildman–Crippen MR) is 107 cm³/mol. The highest BCUT2D eigenvalue weighted by atomic mass is 16.5. The van der Waals surface area contributed by atoms with Crippen molar-refractivity contribution in [2.45, 2.75) is 12.3 Å². The molecule has 0 spiro atoms. The molecule has 0 aliphatic rings. The number of benzene rings is 3. The van der Waals surface area contributed by atoms with Crippen LogP contribution >= 0.6 is 0 Å². The summed E-state index contributed by atoms with van der Waals surface area (Å²) in [5.41, 5.74) is 9.78. The van der Waals surface area contributed by atoms with E-state index in [4.69, 9.17) is 10.5 Å². The van der Waals surface area contributed by atoms with Gasteiger partial charge >= 0.3 is 0 Å². The predicted octanol–water partition coefficient (Wildman–Crippen LogP) is 5.25. The number of aromatic nitrogens is 1. The maximum atomic E-state index is 6.12. The largest absolute Gasteiger partial charge is 0.457 e. The lowest BCUT2D eigenvalue weighted by Gasteiger charge is -2.16. The Kier molecular flexibility index (Phi) is 4.71. The van der Waals surface area contributed by atoms with Crippen molar-refractivity contribution in [3.63, 3.8) is 0 Å². The van der Waals surface area contributed by atoms with E-state index >= 15 is 0 Å². The Morgan fingerprint density at radius 2 is 1.62 bits per heavy atom. The molecule has 3 N–H and O–H groups in total. The molecule has 130 valence electrons. The van der Waals surface area contributed by atoms with Crippen LogP contribution in [0.2, 0.25) is 0 Å². The third-order valence-electron chi connectivity index (χ3n) is 4.73. The lowest BCUT2D eigenvalue weighted by atomic mass is 9.92. The van der Waals surface area contributed by atoms with E-state index in [0.29, 0.717) is 6.54 Å². The van der Waals surface area contributed by atoms with Gasteiger partial charge in [0.25, 0.3) is 0 Å². The lowest BCUT2D eigenvalue weighted by Crippen LogP contribution is -2.15. The van der Waals surface area contributed by atoms with Gasteiger partial charge in [-0.25, -0.2) is 0 Å². The normalized spacial score (nSPS) is 12.2. The molecule has 1 aromatic heterocycles. The monoisotopic (exact) mass is 342 g/mol. The smallest absolute Gasteiger partial charge is 0.127 e. The summed E-state index contributed by atoms with van der Waals surface area (Å²) in [5, 5.41) is 1.27. The van der Waals surface area contributed by atoms with Crippen LogP contribution in [0.3, 0.4) is 0 Å². The van der Waals surface area contributed by atoms with Gasteiger partial charge in [0.2, 0.25) is 0 Å². The molecule has 1 heterocycles. The summed E-state index contributed by atoms with van der Waals surface area (Å²) in [6, 6.07) is 26.5. The Labute approximate surface area is 153 Å². The minimum Gasteiger partial charge on any atom is -0.457 e. The lowest BCUT2D eigenvalue weighted by molar-refractivity contribution is 0.481. The van der Waals surface area contributed by atoms with Crippen molar-refractivity contribution in [1.82, 2.24) is 4.98 Å². The number of hydrogen-bond donors (Lipinski definition) is 2. The van der Waals surface area contributed by atoms with Crippen molar-refractivity contribution in [3.05, 3.63) is 96.2 Å². The highest BCUT2D eigenvalue weighted by molar-refractivity contribution is 5.83. The SMILES string of the molecule is NCC(Cc1c[nH]c2ccccc12)c1cccc(Oc2ccccc2)c1. The molecule has 1 atom stereocenters. The number of rotatable bonds is 6. The second-order valence-electron chi connectivity index (χ2n) is 6.48. The van der Waals surface area contributed by atoms with Crippen LogP contribution in [0.25, 0.3) is 10.9 Å². The molecule has 0 aliphatic carbocycles. The quantitative estimate of drug-likeness (QED) is 0.503. The Bertz CT molecular complexity index is 991. The minimum atomic E-state index is 0.244. The summed E-state index contributed by atoms with van der Waals surface area (Å²) in [6.07, 6.45) is 2.99. The molecule has 0 fully saturated rings. The molecule has 0 radical (unpaired) electrons. The van der Waals surface area contributed by atoms with Gasteiger partial charge in [-0.05, 0) is 54.4 Å². The van der Waals surface area contributed by atoms with Crippen LogP contribution in [-0.4, -0.2) is 11.5 Å². The highest BCUT2D eigenvalue weighted by Gasteiger charge is 2.14. The van der Waals surface area contributed by atoms with Crippen molar-refractivity contribution in [3.8, 4) is 11.5 Å². The number of H-pyrrole nitrogens is 1. The van der Waals surface area contributed by atoms with E-state index in [0.717, 1.165) is 17.9 Å². The van der Waals surface area contributed by atoms with Gasteiger partial charge in [-0.3, -0.25) is 0 Å². The summed E-state index contributed by atoms with van der Waals surface area (Å²) >= 11 is 0. The molecule has 4 rings (SSSR count). The molecular formula is C23H22N2O. The van der Waals surface area contributed by atoms with Gasteiger partial charge in [-0.2, -0.15) is 0 Å². The summed E-state index contributed by atoms with van der Waals surface area (Å²) in [5.74, 6) is 1.92. The molecule has 3 nitrogen and oxygen atoms in total. The fourth-order valence-corrected chi connectivity index (χ4v) is 3.36. The number of para-hydroxylation sites is 2. The van der Waals surface area contributed by atoms with Crippen LogP contribution in [-0.2, 0) is 6.42 Å². The molecule has 4 aromatic rings. The third-order valence-corrected chi connectivity index (χ3v) is 4.73. The van der Waals surface area contributed by atoms with Crippen LogP contribution in [0.15, 0.2) is 85.1 Å². The van der Waals surface area contributed by atoms with E-state index in [1.165, 1.54) is 22.0 Å². The first-order chi connectivity index (χ1) is 12.8. The van der Waals surface area contributed by atoms with Gasteiger partial charge < -0.3 is 15.5 Å². The van der Waals surface area contributed by atoms with Crippen LogP contribution in [0.4, 0.5) is 0 Å². The fourth-order valence-electron chi connectivity index (χ4n) is 3.36. The standard InChI is InChI=1S/C23H22N2O/c24-15-18(13-19-16-25-23-12-5-4-11-22(19)23)17-7-6-10-21(14-17)26-20-8-2-1-3-9-20/h1-12,14,16,18,25H,13,15,24H2. The molecule has 0 aliphatic heterocycles. The topological polar surface area (TPSA) is 51.0 Å². The molecule has 0 amide bonds. The Morgan fingerprint density at radius 3 is 2.46 bits per heavy atom. The molecule has 3 aromatic carbocycles. The van der Waals surface area contributed by atoms with E-state index in [-0.39, 0.29) is 5.92 Å².